The van der Waals surface area contributed by atoms with Crippen molar-refractivity contribution < 1.29 is 13.9 Å². The summed E-state index contributed by atoms with van der Waals surface area (Å²) >= 11 is 3.22. The SMILES string of the molecule is O=C(NC1CC1)c1c(F)cc(Br)cc1Oc1ccccc1. The first-order valence-corrected chi connectivity index (χ1v) is 7.45. The Labute approximate surface area is 130 Å². The molecule has 5 heteroatoms. The van der Waals surface area contributed by atoms with Crippen molar-refractivity contribution in [1.29, 1.82) is 0 Å². The second kappa shape index (κ2) is 5.85. The number of hydrogen-bond donors (Lipinski definition) is 1. The summed E-state index contributed by atoms with van der Waals surface area (Å²) in [5.41, 5.74) is -0.0612. The monoisotopic (exact) mass is 349 g/mol. The second-order valence-corrected chi connectivity index (χ2v) is 5.84. The number of hydrogen-bond acceptors (Lipinski definition) is 2. The number of benzene rings is 2. The molecule has 0 aliphatic heterocycles. The third-order valence-electron chi connectivity index (χ3n) is 3.13. The van der Waals surface area contributed by atoms with E-state index in [9.17, 15) is 9.18 Å². The van der Waals surface area contributed by atoms with Gasteiger partial charge in [-0.25, -0.2) is 4.39 Å². The average molecular weight is 350 g/mol. The van der Waals surface area contributed by atoms with E-state index in [1.807, 2.05) is 18.2 Å². The molecule has 0 heterocycles. The van der Waals surface area contributed by atoms with Crippen LogP contribution in [0.3, 0.4) is 0 Å². The summed E-state index contributed by atoms with van der Waals surface area (Å²) in [6.07, 6.45) is 1.89. The number of ether oxygens (including phenoxy) is 1. The highest BCUT2D eigenvalue weighted by molar-refractivity contribution is 9.10. The predicted octanol–water partition coefficient (Wildman–Crippen LogP) is 4.27. The standard InChI is InChI=1S/C16H13BrFNO2/c17-10-8-13(18)15(16(20)19-11-6-7-11)14(9-10)21-12-4-2-1-3-5-12/h1-5,8-9,11H,6-7H2,(H,19,20). The minimum Gasteiger partial charge on any atom is -0.456 e. The number of halogens is 2. The molecule has 3 nitrogen and oxygen atoms in total. The Morgan fingerprint density at radius 3 is 2.62 bits per heavy atom. The van der Waals surface area contributed by atoms with Gasteiger partial charge in [-0.15, -0.1) is 0 Å². The Bertz CT molecular complexity index is 671. The highest BCUT2D eigenvalue weighted by Crippen LogP contribution is 2.31. The van der Waals surface area contributed by atoms with Crippen molar-refractivity contribution in [1.82, 2.24) is 5.32 Å². The van der Waals surface area contributed by atoms with Crippen molar-refractivity contribution in [3.63, 3.8) is 0 Å². The lowest BCUT2D eigenvalue weighted by Gasteiger charge is -2.12. The van der Waals surface area contributed by atoms with Crippen molar-refractivity contribution in [2.75, 3.05) is 0 Å². The summed E-state index contributed by atoms with van der Waals surface area (Å²) in [6.45, 7) is 0. The summed E-state index contributed by atoms with van der Waals surface area (Å²) in [5, 5.41) is 2.78. The molecule has 0 radical (unpaired) electrons. The molecule has 1 aliphatic rings. The Balaban J connectivity index is 1.95. The normalized spacial score (nSPS) is 13.8. The van der Waals surface area contributed by atoms with Gasteiger partial charge in [-0.05, 0) is 37.1 Å². The molecule has 2 aromatic carbocycles. The molecule has 1 N–H and O–H groups in total. The Hall–Kier alpha value is -1.88. The molecular weight excluding hydrogens is 337 g/mol. The van der Waals surface area contributed by atoms with Crippen molar-refractivity contribution in [3.8, 4) is 11.5 Å². The Morgan fingerprint density at radius 2 is 1.95 bits per heavy atom. The molecule has 0 saturated heterocycles. The fraction of sp³-hybridized carbons (Fsp3) is 0.188. The van der Waals surface area contributed by atoms with E-state index in [0.717, 1.165) is 12.8 Å². The largest absolute Gasteiger partial charge is 0.456 e. The summed E-state index contributed by atoms with van der Waals surface area (Å²) in [4.78, 5) is 12.2. The van der Waals surface area contributed by atoms with Crippen LogP contribution < -0.4 is 10.1 Å². The van der Waals surface area contributed by atoms with Gasteiger partial charge in [0.2, 0.25) is 0 Å². The predicted molar refractivity (Wildman–Crippen MR) is 81.1 cm³/mol. The molecule has 0 atom stereocenters. The molecule has 1 aliphatic carbocycles. The lowest BCUT2D eigenvalue weighted by atomic mass is 10.1. The van der Waals surface area contributed by atoms with Crippen molar-refractivity contribution >= 4 is 21.8 Å². The smallest absolute Gasteiger partial charge is 0.258 e. The first kappa shape index (κ1) is 14.1. The van der Waals surface area contributed by atoms with Crippen LogP contribution in [-0.4, -0.2) is 11.9 Å². The zero-order chi connectivity index (χ0) is 14.8. The second-order valence-electron chi connectivity index (χ2n) is 4.92. The average Bonchev–Trinajstić information content (AvgIpc) is 3.23. The van der Waals surface area contributed by atoms with E-state index < -0.39 is 11.7 Å². The van der Waals surface area contributed by atoms with Gasteiger partial charge in [-0.2, -0.15) is 0 Å². The Kier molecular flexibility index (Phi) is 3.92. The lowest BCUT2D eigenvalue weighted by Crippen LogP contribution is -2.26. The van der Waals surface area contributed by atoms with Crippen LogP contribution in [0.5, 0.6) is 11.5 Å². The van der Waals surface area contributed by atoms with Gasteiger partial charge < -0.3 is 10.1 Å². The molecule has 1 fully saturated rings. The van der Waals surface area contributed by atoms with Gasteiger partial charge in [0, 0.05) is 10.5 Å². The highest BCUT2D eigenvalue weighted by Gasteiger charge is 2.27. The molecular formula is C16H13BrFNO2. The van der Waals surface area contributed by atoms with Crippen molar-refractivity contribution in [2.45, 2.75) is 18.9 Å². The van der Waals surface area contributed by atoms with Crippen molar-refractivity contribution in [2.24, 2.45) is 0 Å². The van der Waals surface area contributed by atoms with Gasteiger partial charge in [0.15, 0.2) is 0 Å². The topological polar surface area (TPSA) is 38.3 Å². The third-order valence-corrected chi connectivity index (χ3v) is 3.59. The fourth-order valence-electron chi connectivity index (χ4n) is 1.95. The molecule has 2 aromatic rings. The van der Waals surface area contributed by atoms with Crippen LogP contribution in [0.25, 0.3) is 0 Å². The van der Waals surface area contributed by atoms with Crippen LogP contribution in [-0.2, 0) is 0 Å². The number of rotatable bonds is 4. The third kappa shape index (κ3) is 3.42. The molecule has 108 valence electrons. The van der Waals surface area contributed by atoms with E-state index in [1.165, 1.54) is 6.07 Å². The molecule has 3 rings (SSSR count). The first-order chi connectivity index (χ1) is 10.1. The van der Waals surface area contributed by atoms with Crippen LogP contribution >= 0.6 is 15.9 Å². The zero-order valence-electron chi connectivity index (χ0n) is 11.1. The van der Waals surface area contributed by atoms with Gasteiger partial charge in [0.05, 0.1) is 0 Å². The van der Waals surface area contributed by atoms with Crippen LogP contribution in [0.4, 0.5) is 4.39 Å². The minimum atomic E-state index is -0.603. The maximum atomic E-state index is 14.2. The molecule has 21 heavy (non-hydrogen) atoms. The van der Waals surface area contributed by atoms with Crippen LogP contribution in [0.15, 0.2) is 46.9 Å². The van der Waals surface area contributed by atoms with E-state index in [1.54, 1.807) is 18.2 Å². The van der Waals surface area contributed by atoms with Gasteiger partial charge in [-0.1, -0.05) is 34.1 Å². The van der Waals surface area contributed by atoms with E-state index in [0.29, 0.717) is 10.2 Å². The molecule has 1 saturated carbocycles. The first-order valence-electron chi connectivity index (χ1n) is 6.66. The van der Waals surface area contributed by atoms with E-state index >= 15 is 0 Å². The van der Waals surface area contributed by atoms with E-state index in [-0.39, 0.29) is 17.4 Å². The fourth-order valence-corrected chi connectivity index (χ4v) is 2.36. The molecule has 0 aromatic heterocycles. The number of nitrogens with one attached hydrogen (secondary N) is 1. The summed E-state index contributed by atoms with van der Waals surface area (Å²) in [7, 11) is 0. The quantitative estimate of drug-likeness (QED) is 0.894. The van der Waals surface area contributed by atoms with Crippen molar-refractivity contribution in [3.05, 3.63) is 58.3 Å². The minimum absolute atomic E-state index is 0.0612. The summed E-state index contributed by atoms with van der Waals surface area (Å²) < 4.78 is 20.3. The van der Waals surface area contributed by atoms with Gasteiger partial charge in [-0.3, -0.25) is 4.79 Å². The zero-order valence-corrected chi connectivity index (χ0v) is 12.7. The van der Waals surface area contributed by atoms with E-state index in [2.05, 4.69) is 21.2 Å². The van der Waals surface area contributed by atoms with E-state index in [4.69, 9.17) is 4.74 Å². The van der Waals surface area contributed by atoms with Crippen LogP contribution in [0.2, 0.25) is 0 Å². The van der Waals surface area contributed by atoms with Gasteiger partial charge >= 0.3 is 0 Å². The van der Waals surface area contributed by atoms with Crippen LogP contribution in [0.1, 0.15) is 23.2 Å². The summed E-state index contributed by atoms with van der Waals surface area (Å²) in [5.74, 6) is -0.288. The summed E-state index contributed by atoms with van der Waals surface area (Å²) in [6, 6.07) is 12.0. The highest BCUT2D eigenvalue weighted by atomic mass is 79.9. The van der Waals surface area contributed by atoms with Crippen LogP contribution in [0, 0.1) is 5.82 Å². The molecule has 1 amide bonds. The molecule has 0 bridgehead atoms. The maximum absolute atomic E-state index is 14.2. The number of carbonyl (C=O) groups excluding carboxylic acids is 1. The number of carbonyl (C=O) groups is 1. The maximum Gasteiger partial charge on any atom is 0.258 e. The van der Waals surface area contributed by atoms with Gasteiger partial charge in [0.25, 0.3) is 5.91 Å². The Morgan fingerprint density at radius 1 is 1.24 bits per heavy atom. The molecule has 0 spiro atoms. The number of para-hydroxylation sites is 1. The van der Waals surface area contributed by atoms with Gasteiger partial charge in [0.1, 0.15) is 22.9 Å². The molecule has 0 unspecified atom stereocenters. The lowest BCUT2D eigenvalue weighted by molar-refractivity contribution is 0.0944. The number of amides is 1.